The summed E-state index contributed by atoms with van der Waals surface area (Å²) in [7, 11) is 0. The highest BCUT2D eigenvalue weighted by atomic mass is 16.3. The molecule has 4 aliphatic carbocycles. The van der Waals surface area contributed by atoms with Crippen LogP contribution < -0.4 is 10.6 Å². The zero-order valence-electron chi connectivity index (χ0n) is 24.2. The number of aliphatic hydroxyl groups is 2. The molecule has 6 nitrogen and oxygen atoms in total. The maximum Gasteiger partial charge on any atom is 0.229 e. The Labute approximate surface area is 238 Å². The Morgan fingerprint density at radius 1 is 0.675 bits per heavy atom. The molecule has 4 aliphatic rings. The smallest absolute Gasteiger partial charge is 0.229 e. The van der Waals surface area contributed by atoms with E-state index in [1.807, 2.05) is 60.7 Å². The van der Waals surface area contributed by atoms with Gasteiger partial charge in [0.15, 0.2) is 0 Å². The molecule has 0 spiro atoms. The van der Waals surface area contributed by atoms with Gasteiger partial charge in [-0.15, -0.1) is 0 Å². The second-order valence-corrected chi connectivity index (χ2v) is 14.1. The lowest BCUT2D eigenvalue weighted by Gasteiger charge is -2.43. The van der Waals surface area contributed by atoms with Gasteiger partial charge in [-0.25, -0.2) is 0 Å². The van der Waals surface area contributed by atoms with Gasteiger partial charge in [0.1, 0.15) is 0 Å². The van der Waals surface area contributed by atoms with E-state index in [2.05, 4.69) is 38.3 Å². The molecule has 8 atom stereocenters. The molecule has 0 saturated heterocycles. The van der Waals surface area contributed by atoms with Gasteiger partial charge in [-0.05, 0) is 72.3 Å². The summed E-state index contributed by atoms with van der Waals surface area (Å²) in [4.78, 5) is 28.7. The summed E-state index contributed by atoms with van der Waals surface area (Å²) >= 11 is 0. The van der Waals surface area contributed by atoms with Gasteiger partial charge in [-0.1, -0.05) is 88.4 Å². The normalized spacial score (nSPS) is 36.2. The summed E-state index contributed by atoms with van der Waals surface area (Å²) < 4.78 is 0. The van der Waals surface area contributed by atoms with E-state index in [4.69, 9.17) is 0 Å². The van der Waals surface area contributed by atoms with Crippen molar-refractivity contribution in [1.82, 2.24) is 10.6 Å². The molecule has 0 heterocycles. The molecule has 4 fully saturated rings. The van der Waals surface area contributed by atoms with Gasteiger partial charge in [-0.2, -0.15) is 0 Å². The third-order valence-corrected chi connectivity index (χ3v) is 12.3. The van der Waals surface area contributed by atoms with Crippen LogP contribution in [0.2, 0.25) is 0 Å². The molecule has 4 N–H and O–H groups in total. The third-order valence-electron chi connectivity index (χ3n) is 12.3. The molecule has 8 unspecified atom stereocenters. The van der Waals surface area contributed by atoms with E-state index in [1.54, 1.807) is 0 Å². The number of hydrogen-bond acceptors (Lipinski definition) is 4. The zero-order chi connectivity index (χ0) is 28.5. The molecule has 0 aliphatic heterocycles. The number of carbonyl (C=O) groups excluding carboxylic acids is 2. The molecule has 2 amide bonds. The lowest BCUT2D eigenvalue weighted by Crippen LogP contribution is -2.56. The molecular weight excluding hydrogens is 500 g/mol. The fourth-order valence-electron chi connectivity index (χ4n) is 9.55. The Morgan fingerprint density at radius 2 is 1.02 bits per heavy atom. The van der Waals surface area contributed by atoms with E-state index >= 15 is 0 Å². The predicted molar refractivity (Wildman–Crippen MR) is 154 cm³/mol. The Balaban J connectivity index is 1.40. The van der Waals surface area contributed by atoms with Crippen LogP contribution in [0.3, 0.4) is 0 Å². The first-order valence-corrected chi connectivity index (χ1v) is 15.0. The number of aliphatic hydroxyl groups excluding tert-OH is 2. The van der Waals surface area contributed by atoms with Crippen LogP contribution in [0.5, 0.6) is 0 Å². The van der Waals surface area contributed by atoms with Gasteiger partial charge in [0.25, 0.3) is 0 Å². The first-order chi connectivity index (χ1) is 19.0. The first kappa shape index (κ1) is 27.5. The lowest BCUT2D eigenvalue weighted by atomic mass is 9.67. The number of benzene rings is 2. The fourth-order valence-corrected chi connectivity index (χ4v) is 9.55. The highest BCUT2D eigenvalue weighted by molar-refractivity contribution is 5.87. The Bertz CT molecular complexity index is 1180. The molecule has 4 bridgehead atoms. The van der Waals surface area contributed by atoms with Gasteiger partial charge >= 0.3 is 0 Å². The van der Waals surface area contributed by atoms with Gasteiger partial charge in [0.05, 0.1) is 35.1 Å². The van der Waals surface area contributed by atoms with E-state index in [0.717, 1.165) is 24.0 Å². The number of fused-ring (bicyclic) bond motifs is 4. The quantitative estimate of drug-likeness (QED) is 0.391. The molecule has 0 radical (unpaired) electrons. The Kier molecular flexibility index (Phi) is 6.47. The van der Waals surface area contributed by atoms with Crippen molar-refractivity contribution >= 4 is 11.8 Å². The average Bonchev–Trinajstić information content (AvgIpc) is 3.50. The van der Waals surface area contributed by atoms with Crippen LogP contribution in [-0.4, -0.2) is 34.2 Å². The molecule has 40 heavy (non-hydrogen) atoms. The number of amides is 2. The minimum absolute atomic E-state index is 0.144. The van der Waals surface area contributed by atoms with E-state index in [0.29, 0.717) is 37.5 Å². The van der Waals surface area contributed by atoms with E-state index in [9.17, 15) is 19.8 Å². The predicted octanol–water partition coefficient (Wildman–Crippen LogP) is 5.08. The van der Waals surface area contributed by atoms with Crippen molar-refractivity contribution in [3.05, 3.63) is 71.8 Å². The molecule has 2 aromatic rings. The minimum atomic E-state index is -0.864. The van der Waals surface area contributed by atoms with Crippen LogP contribution in [0.4, 0.5) is 0 Å². The van der Waals surface area contributed by atoms with Crippen molar-refractivity contribution in [2.24, 2.45) is 33.5 Å². The van der Waals surface area contributed by atoms with Crippen LogP contribution >= 0.6 is 0 Å². The van der Waals surface area contributed by atoms with Crippen molar-refractivity contribution in [2.75, 3.05) is 0 Å². The van der Waals surface area contributed by atoms with Gasteiger partial charge in [-0.3, -0.25) is 9.59 Å². The van der Waals surface area contributed by atoms with Gasteiger partial charge in [0.2, 0.25) is 11.8 Å². The molecule has 2 aromatic carbocycles. The monoisotopic (exact) mass is 544 g/mol. The standard InChI is InChI=1S/C34H44N2O4/c1-31(2)23-15-17-33(31,25(37)19-23)29(39)35-27(21-11-7-5-8-12-21)28(22-13-9-6-10-14-22)36-30(40)34-18-16-24(20-26(34)38)32(34,3)4/h5-14,23-28,37-38H,15-20H2,1-4H3,(H,35,39)(H,36,40). The zero-order valence-corrected chi connectivity index (χ0v) is 24.2. The second-order valence-electron chi connectivity index (χ2n) is 14.1. The molecule has 0 aromatic heterocycles. The SMILES string of the molecule is CC1(C)C2CCC1(C(=O)NC(c1ccccc1)C(NC(=O)C13CCC(CC1O)C3(C)C)c1ccccc1)C(O)C2. The van der Waals surface area contributed by atoms with E-state index in [1.165, 1.54) is 0 Å². The van der Waals surface area contributed by atoms with Gasteiger partial charge < -0.3 is 20.8 Å². The van der Waals surface area contributed by atoms with E-state index in [-0.39, 0.29) is 22.6 Å². The highest BCUT2D eigenvalue weighted by Gasteiger charge is 2.69. The third kappa shape index (κ3) is 3.61. The van der Waals surface area contributed by atoms with Crippen LogP contribution in [0.1, 0.15) is 89.4 Å². The largest absolute Gasteiger partial charge is 0.392 e. The van der Waals surface area contributed by atoms with Crippen molar-refractivity contribution in [3.63, 3.8) is 0 Å². The number of hydrogen-bond donors (Lipinski definition) is 4. The topological polar surface area (TPSA) is 98.7 Å². The van der Waals surface area contributed by atoms with Crippen molar-refractivity contribution < 1.29 is 19.8 Å². The highest BCUT2D eigenvalue weighted by Crippen LogP contribution is 2.67. The van der Waals surface area contributed by atoms with Crippen molar-refractivity contribution in [1.29, 1.82) is 0 Å². The second kappa shape index (κ2) is 9.42. The molecule has 6 heteroatoms. The summed E-state index contributed by atoms with van der Waals surface area (Å²) in [5.74, 6) is 0.339. The minimum Gasteiger partial charge on any atom is -0.392 e. The van der Waals surface area contributed by atoms with Gasteiger partial charge in [0, 0.05) is 0 Å². The summed E-state index contributed by atoms with van der Waals surface area (Å²) in [6.07, 6.45) is 3.10. The Hall–Kier alpha value is -2.70. The molecule has 214 valence electrons. The number of carbonyl (C=O) groups is 2. The molecule has 6 rings (SSSR count). The number of rotatable bonds is 7. The van der Waals surface area contributed by atoms with Crippen molar-refractivity contribution in [3.8, 4) is 0 Å². The van der Waals surface area contributed by atoms with Crippen LogP contribution in [0.15, 0.2) is 60.7 Å². The molecule has 4 saturated carbocycles. The lowest BCUT2D eigenvalue weighted by molar-refractivity contribution is -0.147. The average molecular weight is 545 g/mol. The summed E-state index contributed by atoms with van der Waals surface area (Å²) in [6, 6.07) is 18.5. The van der Waals surface area contributed by atoms with E-state index < -0.39 is 35.1 Å². The van der Waals surface area contributed by atoms with Crippen LogP contribution in [0.25, 0.3) is 0 Å². The summed E-state index contributed by atoms with van der Waals surface area (Å²) in [5.41, 5.74) is -0.602. The number of nitrogens with one attached hydrogen (secondary N) is 2. The van der Waals surface area contributed by atoms with Crippen molar-refractivity contribution in [2.45, 2.75) is 90.5 Å². The summed E-state index contributed by atoms with van der Waals surface area (Å²) in [6.45, 7) is 8.47. The first-order valence-electron chi connectivity index (χ1n) is 15.0. The molecular formula is C34H44N2O4. The maximum absolute atomic E-state index is 14.4. The van der Waals surface area contributed by atoms with Crippen LogP contribution in [0, 0.1) is 33.5 Å². The van der Waals surface area contributed by atoms with Crippen LogP contribution in [-0.2, 0) is 9.59 Å². The maximum atomic E-state index is 14.4. The Morgan fingerprint density at radius 3 is 1.30 bits per heavy atom. The summed E-state index contributed by atoms with van der Waals surface area (Å²) in [5, 5.41) is 29.1. The fraction of sp³-hybridized carbons (Fsp3) is 0.588.